The number of hydrogen-bond acceptors (Lipinski definition) is 3. The predicted octanol–water partition coefficient (Wildman–Crippen LogP) is 1.01. The Morgan fingerprint density at radius 3 is 2.88 bits per heavy atom. The molecule has 88 valence electrons. The van der Waals surface area contributed by atoms with Crippen LogP contribution in [0.15, 0.2) is 18.2 Å². The van der Waals surface area contributed by atoms with E-state index in [2.05, 4.69) is 0 Å². The van der Waals surface area contributed by atoms with E-state index in [9.17, 15) is 9.18 Å². The van der Waals surface area contributed by atoms with E-state index in [4.69, 9.17) is 11.0 Å². The minimum atomic E-state index is -0.535. The molecule has 0 saturated carbocycles. The van der Waals surface area contributed by atoms with E-state index in [1.807, 2.05) is 4.90 Å². The number of nitrogens with zero attached hydrogens (tertiary/aromatic N) is 2. The average Bonchev–Trinajstić information content (AvgIpc) is 2.78. The van der Waals surface area contributed by atoms with Crippen LogP contribution in [0.5, 0.6) is 0 Å². The van der Waals surface area contributed by atoms with Crippen LogP contribution < -0.4 is 10.6 Å². The second-order valence-electron chi connectivity index (χ2n) is 4.11. The van der Waals surface area contributed by atoms with Crippen LogP contribution in [0.4, 0.5) is 10.1 Å². The van der Waals surface area contributed by atoms with Gasteiger partial charge in [0.25, 0.3) is 0 Å². The first-order valence-corrected chi connectivity index (χ1v) is 5.35. The van der Waals surface area contributed by atoms with Gasteiger partial charge < -0.3 is 10.6 Å². The van der Waals surface area contributed by atoms with Crippen molar-refractivity contribution in [2.45, 2.75) is 6.42 Å². The molecule has 1 aromatic rings. The lowest BCUT2D eigenvalue weighted by atomic mass is 10.1. The quantitative estimate of drug-likeness (QED) is 0.828. The Bertz CT molecular complexity index is 495. The van der Waals surface area contributed by atoms with Gasteiger partial charge >= 0.3 is 0 Å². The fourth-order valence-corrected chi connectivity index (χ4v) is 2.02. The number of rotatable bonds is 2. The number of carbonyl (C=O) groups is 1. The summed E-state index contributed by atoms with van der Waals surface area (Å²) in [5, 5.41) is 8.62. The highest BCUT2D eigenvalue weighted by Gasteiger charge is 2.26. The van der Waals surface area contributed by atoms with Crippen molar-refractivity contribution in [3.05, 3.63) is 29.6 Å². The highest BCUT2D eigenvalue weighted by Crippen LogP contribution is 2.25. The molecule has 1 fully saturated rings. The standard InChI is InChI=1S/C12H12FN3O/c13-11-5-10(2-1-8(11)6-14)16-4-3-9(7-16)12(15)17/h1-2,5,9H,3-4,7H2,(H2,15,17). The highest BCUT2D eigenvalue weighted by atomic mass is 19.1. The molecular formula is C12H12FN3O. The monoisotopic (exact) mass is 233 g/mol. The first-order valence-electron chi connectivity index (χ1n) is 5.35. The molecule has 1 aliphatic heterocycles. The van der Waals surface area contributed by atoms with Crippen LogP contribution >= 0.6 is 0 Å². The van der Waals surface area contributed by atoms with Gasteiger partial charge in [0.05, 0.1) is 11.5 Å². The second kappa shape index (κ2) is 4.42. The summed E-state index contributed by atoms with van der Waals surface area (Å²) in [5.74, 6) is -1.03. The van der Waals surface area contributed by atoms with Gasteiger partial charge in [0.15, 0.2) is 0 Å². The minimum Gasteiger partial charge on any atom is -0.371 e. The lowest BCUT2D eigenvalue weighted by Gasteiger charge is -2.18. The SMILES string of the molecule is N#Cc1ccc(N2CCC(C(N)=O)C2)cc1F. The molecule has 2 rings (SSSR count). The van der Waals surface area contributed by atoms with Gasteiger partial charge in [-0.2, -0.15) is 5.26 Å². The van der Waals surface area contributed by atoms with Gasteiger partial charge in [-0.3, -0.25) is 4.79 Å². The maximum Gasteiger partial charge on any atom is 0.222 e. The topological polar surface area (TPSA) is 70.1 Å². The molecule has 1 aliphatic rings. The van der Waals surface area contributed by atoms with Gasteiger partial charge in [-0.15, -0.1) is 0 Å². The summed E-state index contributed by atoms with van der Waals surface area (Å²) >= 11 is 0. The Hall–Kier alpha value is -2.09. The predicted molar refractivity (Wildman–Crippen MR) is 60.6 cm³/mol. The van der Waals surface area contributed by atoms with Crippen molar-refractivity contribution in [1.82, 2.24) is 0 Å². The number of nitrogens with two attached hydrogens (primary N) is 1. The maximum atomic E-state index is 13.4. The van der Waals surface area contributed by atoms with Crippen molar-refractivity contribution in [3.8, 4) is 6.07 Å². The van der Waals surface area contributed by atoms with E-state index in [0.29, 0.717) is 25.2 Å². The van der Waals surface area contributed by atoms with Crippen molar-refractivity contribution in [3.63, 3.8) is 0 Å². The molecule has 1 atom stereocenters. The fraction of sp³-hybridized carbons (Fsp3) is 0.333. The largest absolute Gasteiger partial charge is 0.371 e. The normalized spacial score (nSPS) is 19.1. The number of anilines is 1. The molecule has 1 aromatic carbocycles. The van der Waals surface area contributed by atoms with E-state index in [1.165, 1.54) is 12.1 Å². The van der Waals surface area contributed by atoms with Crippen LogP contribution in [0.25, 0.3) is 0 Å². The van der Waals surface area contributed by atoms with Crippen molar-refractivity contribution in [2.24, 2.45) is 11.7 Å². The number of carbonyl (C=O) groups excluding carboxylic acids is 1. The molecule has 1 amide bonds. The van der Waals surface area contributed by atoms with E-state index < -0.39 is 5.82 Å². The first kappa shape index (κ1) is 11.4. The van der Waals surface area contributed by atoms with Gasteiger partial charge in [0, 0.05) is 18.8 Å². The van der Waals surface area contributed by atoms with Crippen LogP contribution in [0, 0.1) is 23.1 Å². The van der Waals surface area contributed by atoms with Crippen molar-refractivity contribution in [2.75, 3.05) is 18.0 Å². The molecular weight excluding hydrogens is 221 g/mol. The van der Waals surface area contributed by atoms with E-state index in [0.717, 1.165) is 0 Å². The number of amides is 1. The van der Waals surface area contributed by atoms with Crippen molar-refractivity contribution < 1.29 is 9.18 Å². The average molecular weight is 233 g/mol. The Morgan fingerprint density at radius 2 is 2.35 bits per heavy atom. The number of benzene rings is 1. The van der Waals surface area contributed by atoms with Crippen LogP contribution in [0.1, 0.15) is 12.0 Å². The first-order chi connectivity index (χ1) is 8.11. The minimum absolute atomic E-state index is 0.0272. The van der Waals surface area contributed by atoms with Gasteiger partial charge in [0.2, 0.25) is 5.91 Å². The summed E-state index contributed by atoms with van der Waals surface area (Å²) in [6.07, 6.45) is 0.691. The number of primary amides is 1. The molecule has 0 aromatic heterocycles. The Balaban J connectivity index is 2.17. The highest BCUT2D eigenvalue weighted by molar-refractivity contribution is 5.78. The van der Waals surface area contributed by atoms with Crippen molar-refractivity contribution >= 4 is 11.6 Å². The van der Waals surface area contributed by atoms with Crippen LogP contribution in [0.3, 0.4) is 0 Å². The maximum absolute atomic E-state index is 13.4. The number of halogens is 1. The number of nitriles is 1. The third-order valence-corrected chi connectivity index (χ3v) is 3.03. The zero-order chi connectivity index (χ0) is 12.4. The van der Waals surface area contributed by atoms with Crippen LogP contribution in [-0.4, -0.2) is 19.0 Å². The molecule has 0 spiro atoms. The lowest BCUT2D eigenvalue weighted by molar-refractivity contribution is -0.121. The third kappa shape index (κ3) is 2.21. The van der Waals surface area contributed by atoms with Crippen LogP contribution in [-0.2, 0) is 4.79 Å². The third-order valence-electron chi connectivity index (χ3n) is 3.03. The molecule has 17 heavy (non-hydrogen) atoms. The molecule has 0 aliphatic carbocycles. The Kier molecular flexibility index (Phi) is 2.96. The molecule has 1 heterocycles. The van der Waals surface area contributed by atoms with E-state index in [1.54, 1.807) is 12.1 Å². The molecule has 0 radical (unpaired) electrons. The zero-order valence-corrected chi connectivity index (χ0v) is 9.19. The molecule has 1 unspecified atom stereocenters. The van der Waals surface area contributed by atoms with E-state index in [-0.39, 0.29) is 17.4 Å². The van der Waals surface area contributed by atoms with Crippen LogP contribution in [0.2, 0.25) is 0 Å². The van der Waals surface area contributed by atoms with Gasteiger partial charge in [-0.1, -0.05) is 0 Å². The Labute approximate surface area is 98.4 Å². The van der Waals surface area contributed by atoms with Gasteiger partial charge in [0.1, 0.15) is 11.9 Å². The molecule has 5 heteroatoms. The smallest absolute Gasteiger partial charge is 0.222 e. The summed E-state index contributed by atoms with van der Waals surface area (Å²) in [7, 11) is 0. The zero-order valence-electron chi connectivity index (χ0n) is 9.19. The molecule has 0 bridgehead atoms. The summed E-state index contributed by atoms with van der Waals surface area (Å²) in [6, 6.07) is 6.23. The summed E-state index contributed by atoms with van der Waals surface area (Å²) in [4.78, 5) is 12.9. The molecule has 4 nitrogen and oxygen atoms in total. The number of hydrogen-bond donors (Lipinski definition) is 1. The van der Waals surface area contributed by atoms with Crippen molar-refractivity contribution in [1.29, 1.82) is 5.26 Å². The molecule has 1 saturated heterocycles. The summed E-state index contributed by atoms with van der Waals surface area (Å²) < 4.78 is 13.4. The lowest BCUT2D eigenvalue weighted by Crippen LogP contribution is -2.27. The Morgan fingerprint density at radius 1 is 1.59 bits per heavy atom. The van der Waals surface area contributed by atoms with Gasteiger partial charge in [-0.05, 0) is 24.6 Å². The molecule has 2 N–H and O–H groups in total. The second-order valence-corrected chi connectivity index (χ2v) is 4.11. The summed E-state index contributed by atoms with van der Waals surface area (Å²) in [5.41, 5.74) is 5.94. The summed E-state index contributed by atoms with van der Waals surface area (Å²) in [6.45, 7) is 1.19. The van der Waals surface area contributed by atoms with Gasteiger partial charge in [-0.25, -0.2) is 4.39 Å². The van der Waals surface area contributed by atoms with E-state index >= 15 is 0 Å². The fourth-order valence-electron chi connectivity index (χ4n) is 2.02.